The molecule has 3 rings (SSSR count). The summed E-state index contributed by atoms with van der Waals surface area (Å²) in [6, 6.07) is 6.78. The zero-order valence-corrected chi connectivity index (χ0v) is 13.8. The summed E-state index contributed by atoms with van der Waals surface area (Å²) in [4.78, 5) is 5.72. The summed E-state index contributed by atoms with van der Waals surface area (Å²) in [6.45, 7) is 2.12. The first kappa shape index (κ1) is 13.8. The molecule has 1 atom stereocenters. The van der Waals surface area contributed by atoms with E-state index in [0.717, 1.165) is 21.5 Å². The van der Waals surface area contributed by atoms with Crippen LogP contribution in [0.1, 0.15) is 22.9 Å². The number of aromatic nitrogens is 2. The van der Waals surface area contributed by atoms with Crippen molar-refractivity contribution >= 4 is 32.2 Å². The lowest BCUT2D eigenvalue weighted by molar-refractivity contribution is 0.585. The van der Waals surface area contributed by atoms with E-state index in [1.165, 1.54) is 11.1 Å². The van der Waals surface area contributed by atoms with E-state index in [0.29, 0.717) is 0 Å². The number of hydrogen-bond donors (Lipinski definition) is 1. The van der Waals surface area contributed by atoms with Gasteiger partial charge in [0.1, 0.15) is 0 Å². The van der Waals surface area contributed by atoms with Gasteiger partial charge in [-0.15, -0.1) is 11.3 Å². The number of thiazole rings is 1. The molecule has 1 N–H and O–H groups in total. The molecular formula is C15H16BrN3S. The third-order valence-electron chi connectivity index (χ3n) is 3.49. The van der Waals surface area contributed by atoms with E-state index in [9.17, 15) is 0 Å². The minimum atomic E-state index is 0.284. The van der Waals surface area contributed by atoms with Crippen molar-refractivity contribution in [1.82, 2.24) is 14.7 Å². The van der Waals surface area contributed by atoms with E-state index >= 15 is 0 Å². The molecule has 0 spiro atoms. The number of likely N-dealkylation sites (N-methyl/N-ethyl adjacent to an activating group) is 1. The second kappa shape index (κ2) is 5.68. The molecule has 0 bridgehead atoms. The Morgan fingerprint density at radius 2 is 2.30 bits per heavy atom. The summed E-state index contributed by atoms with van der Waals surface area (Å²) in [5.74, 6) is 0. The highest BCUT2D eigenvalue weighted by atomic mass is 79.9. The zero-order valence-electron chi connectivity index (χ0n) is 11.4. The zero-order chi connectivity index (χ0) is 14.1. The fourth-order valence-electron chi connectivity index (χ4n) is 2.35. The monoisotopic (exact) mass is 349 g/mol. The van der Waals surface area contributed by atoms with Crippen LogP contribution >= 0.6 is 27.3 Å². The molecule has 0 saturated carbocycles. The Hall–Kier alpha value is -1.17. The van der Waals surface area contributed by atoms with E-state index in [1.54, 1.807) is 11.3 Å². The second-order valence-electron chi connectivity index (χ2n) is 4.88. The molecule has 0 aliphatic heterocycles. The standard InChI is InChI=1S/C15H16BrN3S/c1-10-7-11(3-4-13(10)16)14(17-2)8-12-9-19-5-6-20-15(19)18-12/h3-7,9,14,17H,8H2,1-2H3. The van der Waals surface area contributed by atoms with Crippen LogP contribution in [0.25, 0.3) is 4.96 Å². The fourth-order valence-corrected chi connectivity index (χ4v) is 3.32. The second-order valence-corrected chi connectivity index (χ2v) is 6.61. The van der Waals surface area contributed by atoms with Crippen molar-refractivity contribution in [2.45, 2.75) is 19.4 Å². The molecular weight excluding hydrogens is 334 g/mol. The van der Waals surface area contributed by atoms with Crippen molar-refractivity contribution in [1.29, 1.82) is 0 Å². The van der Waals surface area contributed by atoms with E-state index in [4.69, 9.17) is 0 Å². The van der Waals surface area contributed by atoms with Crippen LogP contribution in [0.2, 0.25) is 0 Å². The van der Waals surface area contributed by atoms with Crippen molar-refractivity contribution < 1.29 is 0 Å². The van der Waals surface area contributed by atoms with Gasteiger partial charge in [-0.2, -0.15) is 0 Å². The first-order valence-electron chi connectivity index (χ1n) is 6.52. The molecule has 2 heterocycles. The molecule has 1 unspecified atom stereocenters. The smallest absolute Gasteiger partial charge is 0.193 e. The molecule has 20 heavy (non-hydrogen) atoms. The summed E-state index contributed by atoms with van der Waals surface area (Å²) >= 11 is 5.22. The van der Waals surface area contributed by atoms with Crippen LogP contribution in [0.4, 0.5) is 0 Å². The molecule has 0 saturated heterocycles. The predicted octanol–water partition coefficient (Wildman–Crippen LogP) is 3.97. The first-order valence-corrected chi connectivity index (χ1v) is 8.19. The Morgan fingerprint density at radius 3 is 3.00 bits per heavy atom. The summed E-state index contributed by atoms with van der Waals surface area (Å²) in [6.07, 6.45) is 5.06. The minimum absolute atomic E-state index is 0.284. The van der Waals surface area contributed by atoms with Gasteiger partial charge in [0.15, 0.2) is 4.96 Å². The average Bonchev–Trinajstić information content (AvgIpc) is 3.00. The molecule has 0 fully saturated rings. The van der Waals surface area contributed by atoms with E-state index < -0.39 is 0 Å². The van der Waals surface area contributed by atoms with E-state index in [1.807, 2.05) is 7.05 Å². The van der Waals surface area contributed by atoms with Crippen molar-refractivity contribution in [2.75, 3.05) is 7.05 Å². The van der Waals surface area contributed by atoms with Gasteiger partial charge in [0.25, 0.3) is 0 Å². The van der Waals surface area contributed by atoms with Crippen LogP contribution in [-0.4, -0.2) is 16.4 Å². The van der Waals surface area contributed by atoms with Crippen molar-refractivity contribution in [3.63, 3.8) is 0 Å². The average molecular weight is 350 g/mol. The topological polar surface area (TPSA) is 29.3 Å². The Balaban J connectivity index is 1.85. The normalized spacial score (nSPS) is 12.9. The fraction of sp³-hybridized carbons (Fsp3) is 0.267. The maximum absolute atomic E-state index is 4.66. The molecule has 0 aliphatic carbocycles. The largest absolute Gasteiger partial charge is 0.313 e. The number of imidazole rings is 1. The maximum atomic E-state index is 4.66. The summed E-state index contributed by atoms with van der Waals surface area (Å²) in [5.41, 5.74) is 3.68. The Kier molecular flexibility index (Phi) is 3.92. The molecule has 3 nitrogen and oxygen atoms in total. The number of benzene rings is 1. The lowest BCUT2D eigenvalue weighted by Gasteiger charge is -2.16. The van der Waals surface area contributed by atoms with E-state index in [2.05, 4.69) is 73.5 Å². The molecule has 2 aromatic heterocycles. The van der Waals surface area contributed by atoms with Crippen molar-refractivity contribution in [3.8, 4) is 0 Å². The summed E-state index contributed by atoms with van der Waals surface area (Å²) in [5, 5.41) is 5.44. The minimum Gasteiger partial charge on any atom is -0.313 e. The Morgan fingerprint density at radius 1 is 1.45 bits per heavy atom. The van der Waals surface area contributed by atoms with Gasteiger partial charge in [0.05, 0.1) is 5.69 Å². The summed E-state index contributed by atoms with van der Waals surface area (Å²) < 4.78 is 3.23. The number of rotatable bonds is 4. The molecule has 1 aromatic carbocycles. The molecule has 104 valence electrons. The molecule has 0 aliphatic rings. The number of aryl methyl sites for hydroxylation is 1. The van der Waals surface area contributed by atoms with Gasteiger partial charge in [-0.25, -0.2) is 4.98 Å². The van der Waals surface area contributed by atoms with Crippen LogP contribution in [0.5, 0.6) is 0 Å². The highest BCUT2D eigenvalue weighted by Crippen LogP contribution is 2.24. The van der Waals surface area contributed by atoms with Crippen LogP contribution in [-0.2, 0) is 6.42 Å². The highest BCUT2D eigenvalue weighted by molar-refractivity contribution is 9.10. The van der Waals surface area contributed by atoms with Crippen LogP contribution in [0.3, 0.4) is 0 Å². The van der Waals surface area contributed by atoms with Gasteiger partial charge in [0.2, 0.25) is 0 Å². The van der Waals surface area contributed by atoms with Gasteiger partial charge >= 0.3 is 0 Å². The van der Waals surface area contributed by atoms with Crippen LogP contribution in [0, 0.1) is 6.92 Å². The van der Waals surface area contributed by atoms with Crippen molar-refractivity contribution in [2.24, 2.45) is 0 Å². The van der Waals surface area contributed by atoms with Gasteiger partial charge in [0, 0.05) is 34.7 Å². The SMILES string of the molecule is CNC(Cc1cn2ccsc2n1)c1ccc(Br)c(C)c1. The highest BCUT2D eigenvalue weighted by Gasteiger charge is 2.13. The van der Waals surface area contributed by atoms with Crippen molar-refractivity contribution in [3.05, 3.63) is 57.3 Å². The van der Waals surface area contributed by atoms with Gasteiger partial charge < -0.3 is 5.32 Å². The number of nitrogens with zero attached hydrogens (tertiary/aromatic N) is 2. The number of nitrogens with one attached hydrogen (secondary N) is 1. The van der Waals surface area contributed by atoms with Crippen LogP contribution < -0.4 is 5.32 Å². The third kappa shape index (κ3) is 2.66. The summed E-state index contributed by atoms with van der Waals surface area (Å²) in [7, 11) is 2.00. The maximum Gasteiger partial charge on any atom is 0.193 e. The Bertz CT molecular complexity index is 703. The predicted molar refractivity (Wildman–Crippen MR) is 87.5 cm³/mol. The number of hydrogen-bond acceptors (Lipinski definition) is 3. The number of fused-ring (bicyclic) bond motifs is 1. The molecule has 0 radical (unpaired) electrons. The van der Waals surface area contributed by atoms with E-state index in [-0.39, 0.29) is 6.04 Å². The Labute approximate surface area is 130 Å². The quantitative estimate of drug-likeness (QED) is 0.772. The van der Waals surface area contributed by atoms with Gasteiger partial charge in [-0.05, 0) is 31.2 Å². The molecule has 5 heteroatoms. The lowest BCUT2D eigenvalue weighted by Crippen LogP contribution is -2.19. The molecule has 3 aromatic rings. The first-order chi connectivity index (χ1) is 9.67. The van der Waals surface area contributed by atoms with Gasteiger partial charge in [-0.1, -0.05) is 28.1 Å². The van der Waals surface area contributed by atoms with Crippen LogP contribution in [0.15, 0.2) is 40.4 Å². The van der Waals surface area contributed by atoms with Gasteiger partial charge in [-0.3, -0.25) is 4.40 Å². The number of halogens is 1. The lowest BCUT2D eigenvalue weighted by atomic mass is 10.0. The molecule has 0 amide bonds. The third-order valence-corrected chi connectivity index (χ3v) is 5.15.